The second-order valence-electron chi connectivity index (χ2n) is 9.70. The van der Waals surface area contributed by atoms with Gasteiger partial charge in [0.25, 0.3) is 17.6 Å². The summed E-state index contributed by atoms with van der Waals surface area (Å²) in [5.74, 6) is -4.33. The minimum atomic E-state index is -1.36. The zero-order valence-electron chi connectivity index (χ0n) is 22.5. The van der Waals surface area contributed by atoms with Crippen LogP contribution in [-0.4, -0.2) is 86.7 Å². The molecule has 43 heavy (non-hydrogen) atoms. The van der Waals surface area contributed by atoms with Gasteiger partial charge in [0.15, 0.2) is 0 Å². The predicted octanol–water partition coefficient (Wildman–Crippen LogP) is 3.38. The highest BCUT2D eigenvalue weighted by Gasteiger charge is 2.30. The number of aromatic nitrogens is 1. The lowest BCUT2D eigenvalue weighted by Gasteiger charge is -2.34. The van der Waals surface area contributed by atoms with Crippen LogP contribution < -0.4 is 10.6 Å². The molecule has 3 aromatic carbocycles. The number of ketones is 1. The Balaban J connectivity index is 1.26. The molecule has 4 aromatic rings. The third-order valence-electron chi connectivity index (χ3n) is 6.96. The summed E-state index contributed by atoms with van der Waals surface area (Å²) in [4.78, 5) is 80.4. The number of aromatic carboxylic acids is 2. The average Bonchev–Trinajstić information content (AvgIpc) is 3.45. The second kappa shape index (κ2) is 11.9. The van der Waals surface area contributed by atoms with Gasteiger partial charge in [0.2, 0.25) is 0 Å². The van der Waals surface area contributed by atoms with Gasteiger partial charge in [-0.15, -0.1) is 0 Å². The molecule has 1 aliphatic rings. The van der Waals surface area contributed by atoms with E-state index in [9.17, 15) is 39.0 Å². The molecular weight excluding hydrogens is 558 g/mol. The number of carboxylic acid groups (broad SMARTS) is 2. The number of hydrogen-bond acceptors (Lipinski definition) is 6. The number of carboxylic acids is 2. The maximum atomic E-state index is 13.2. The smallest absolute Gasteiger partial charge is 0.335 e. The van der Waals surface area contributed by atoms with E-state index < -0.39 is 29.7 Å². The van der Waals surface area contributed by atoms with E-state index in [1.807, 2.05) is 6.07 Å². The molecule has 13 nitrogen and oxygen atoms in total. The van der Waals surface area contributed by atoms with Gasteiger partial charge in [-0.1, -0.05) is 30.3 Å². The Bertz CT molecular complexity index is 1740. The van der Waals surface area contributed by atoms with Crippen molar-refractivity contribution in [1.29, 1.82) is 0 Å². The number of hydrogen-bond donors (Lipinski definition) is 5. The van der Waals surface area contributed by atoms with Crippen molar-refractivity contribution in [1.82, 2.24) is 14.8 Å². The van der Waals surface area contributed by atoms with E-state index in [1.165, 1.54) is 11.1 Å². The molecule has 5 N–H and O–H groups in total. The standard InChI is InChI=1S/C30H25N5O8/c36-25(27(38)35-11-9-34(10-12-35)26(37)17-5-2-1-3-6-17)22-16-31-24-21(22)7-4-8-23(24)33-30(43)32-20-14-18(28(39)40)13-19(15-20)29(41)42/h1-8,13-16,31H,9-12H2,(H,39,40)(H,41,42)(H2,32,33,43). The van der Waals surface area contributed by atoms with E-state index in [2.05, 4.69) is 15.6 Å². The van der Waals surface area contributed by atoms with Crippen molar-refractivity contribution in [2.24, 2.45) is 0 Å². The van der Waals surface area contributed by atoms with Crippen molar-refractivity contribution in [3.63, 3.8) is 0 Å². The first-order chi connectivity index (χ1) is 20.6. The monoisotopic (exact) mass is 583 g/mol. The summed E-state index contributed by atoms with van der Waals surface area (Å²) in [6.07, 6.45) is 1.37. The topological polar surface area (TPSA) is 189 Å². The summed E-state index contributed by atoms with van der Waals surface area (Å²) in [6, 6.07) is 16.0. The van der Waals surface area contributed by atoms with E-state index in [-0.39, 0.29) is 60.2 Å². The number of carbonyl (C=O) groups excluding carboxylic acids is 4. The van der Waals surface area contributed by atoms with Crippen LogP contribution in [0.4, 0.5) is 16.2 Å². The number of H-pyrrole nitrogens is 1. The van der Waals surface area contributed by atoms with E-state index >= 15 is 0 Å². The number of urea groups is 1. The second-order valence-corrected chi connectivity index (χ2v) is 9.70. The molecule has 0 atom stereocenters. The van der Waals surface area contributed by atoms with Crippen LogP contribution >= 0.6 is 0 Å². The van der Waals surface area contributed by atoms with Crippen LogP contribution in [0.25, 0.3) is 10.9 Å². The molecule has 0 saturated carbocycles. The molecule has 1 fully saturated rings. The largest absolute Gasteiger partial charge is 0.478 e. The highest BCUT2D eigenvalue weighted by Crippen LogP contribution is 2.27. The average molecular weight is 584 g/mol. The van der Waals surface area contributed by atoms with Crippen LogP contribution in [0.15, 0.2) is 72.9 Å². The van der Waals surface area contributed by atoms with Gasteiger partial charge in [0.1, 0.15) is 0 Å². The van der Waals surface area contributed by atoms with Gasteiger partial charge in [-0.3, -0.25) is 14.4 Å². The molecule has 1 aliphatic heterocycles. The summed E-state index contributed by atoms with van der Waals surface area (Å²) in [5.41, 5.74) is 0.569. The summed E-state index contributed by atoms with van der Waals surface area (Å²) in [6.45, 7) is 0.969. The summed E-state index contributed by atoms with van der Waals surface area (Å²) in [7, 11) is 0. The van der Waals surface area contributed by atoms with Crippen molar-refractivity contribution in [3.05, 3.63) is 95.2 Å². The number of anilines is 2. The molecular formula is C30H25N5O8. The van der Waals surface area contributed by atoms with E-state index in [0.29, 0.717) is 16.5 Å². The van der Waals surface area contributed by atoms with Crippen LogP contribution in [0, 0.1) is 0 Å². The first-order valence-corrected chi connectivity index (χ1v) is 13.1. The lowest BCUT2D eigenvalue weighted by molar-refractivity contribution is -0.127. The lowest BCUT2D eigenvalue weighted by atomic mass is 10.1. The normalized spacial score (nSPS) is 12.9. The fourth-order valence-electron chi connectivity index (χ4n) is 4.81. The molecule has 218 valence electrons. The molecule has 1 saturated heterocycles. The van der Waals surface area contributed by atoms with Crippen molar-refractivity contribution >= 4 is 57.8 Å². The van der Waals surface area contributed by atoms with Gasteiger partial charge in [-0.2, -0.15) is 0 Å². The van der Waals surface area contributed by atoms with Gasteiger partial charge in [-0.05, 0) is 36.4 Å². The quantitative estimate of drug-likeness (QED) is 0.162. The number of carbonyl (C=O) groups is 6. The van der Waals surface area contributed by atoms with Gasteiger partial charge < -0.3 is 35.6 Å². The highest BCUT2D eigenvalue weighted by molar-refractivity contribution is 6.45. The Morgan fingerprint density at radius 2 is 1.33 bits per heavy atom. The SMILES string of the molecule is O=C(Nc1cc(C(=O)O)cc(C(=O)O)c1)Nc1cccc2c(C(=O)C(=O)N3CCN(C(=O)c4ccccc4)CC3)c[nH]c12. The number of para-hydroxylation sites is 1. The minimum Gasteiger partial charge on any atom is -0.478 e. The maximum absolute atomic E-state index is 13.2. The lowest BCUT2D eigenvalue weighted by Crippen LogP contribution is -2.52. The van der Waals surface area contributed by atoms with Crippen molar-refractivity contribution < 1.29 is 39.0 Å². The van der Waals surface area contributed by atoms with Gasteiger partial charge in [0.05, 0.1) is 27.9 Å². The van der Waals surface area contributed by atoms with Gasteiger partial charge in [0, 0.05) is 49.0 Å². The fraction of sp³-hybridized carbons (Fsp3) is 0.133. The Hall–Kier alpha value is -5.98. The predicted molar refractivity (Wildman–Crippen MR) is 155 cm³/mol. The molecule has 2 heterocycles. The molecule has 0 radical (unpaired) electrons. The van der Waals surface area contributed by atoms with Crippen molar-refractivity contribution in [3.8, 4) is 0 Å². The first kappa shape index (κ1) is 28.5. The highest BCUT2D eigenvalue weighted by atomic mass is 16.4. The number of amides is 4. The first-order valence-electron chi connectivity index (χ1n) is 13.1. The van der Waals surface area contributed by atoms with Crippen LogP contribution in [0.2, 0.25) is 0 Å². The number of benzene rings is 3. The van der Waals surface area contributed by atoms with E-state index in [0.717, 1.165) is 18.2 Å². The number of nitrogens with one attached hydrogen (secondary N) is 3. The molecule has 1 aromatic heterocycles. The molecule has 5 rings (SSSR count). The van der Waals surface area contributed by atoms with E-state index in [1.54, 1.807) is 47.4 Å². The van der Waals surface area contributed by atoms with Crippen LogP contribution in [-0.2, 0) is 4.79 Å². The fourth-order valence-corrected chi connectivity index (χ4v) is 4.81. The zero-order valence-corrected chi connectivity index (χ0v) is 22.5. The molecule has 0 aliphatic carbocycles. The molecule has 0 unspecified atom stereocenters. The number of rotatable bonds is 7. The van der Waals surface area contributed by atoms with Gasteiger partial charge in [-0.25, -0.2) is 14.4 Å². The number of aromatic amines is 1. The molecule has 4 amide bonds. The summed E-state index contributed by atoms with van der Waals surface area (Å²) in [5, 5.41) is 23.9. The Labute approximate surface area is 243 Å². The summed E-state index contributed by atoms with van der Waals surface area (Å²) >= 11 is 0. The number of Topliss-reactive ketones (excluding diaryl/α,β-unsaturated/α-hetero) is 1. The number of piperazine rings is 1. The Morgan fingerprint density at radius 1 is 0.698 bits per heavy atom. The molecule has 13 heteroatoms. The Morgan fingerprint density at radius 3 is 1.95 bits per heavy atom. The summed E-state index contributed by atoms with van der Waals surface area (Å²) < 4.78 is 0. The molecule has 0 spiro atoms. The van der Waals surface area contributed by atoms with Crippen LogP contribution in [0.3, 0.4) is 0 Å². The number of nitrogens with zero attached hydrogens (tertiary/aromatic N) is 2. The van der Waals surface area contributed by atoms with E-state index in [4.69, 9.17) is 0 Å². The maximum Gasteiger partial charge on any atom is 0.335 e. The van der Waals surface area contributed by atoms with Crippen LogP contribution in [0.5, 0.6) is 0 Å². The van der Waals surface area contributed by atoms with Crippen molar-refractivity contribution in [2.75, 3.05) is 36.8 Å². The van der Waals surface area contributed by atoms with Gasteiger partial charge >= 0.3 is 18.0 Å². The Kier molecular flexibility index (Phi) is 7.88. The minimum absolute atomic E-state index is 0.0551. The zero-order chi connectivity index (χ0) is 30.7. The molecule has 0 bridgehead atoms. The van der Waals surface area contributed by atoms with Crippen molar-refractivity contribution in [2.45, 2.75) is 0 Å². The third-order valence-corrected chi connectivity index (χ3v) is 6.96. The number of fused-ring (bicyclic) bond motifs is 1. The third kappa shape index (κ3) is 6.05. The van der Waals surface area contributed by atoms with Crippen LogP contribution in [0.1, 0.15) is 41.4 Å².